The van der Waals surface area contributed by atoms with E-state index in [0.717, 1.165) is 67.2 Å². The minimum absolute atomic E-state index is 0.0161. The van der Waals surface area contributed by atoms with Crippen molar-refractivity contribution in [3.05, 3.63) is 24.4 Å². The van der Waals surface area contributed by atoms with Crippen LogP contribution in [0, 0.1) is 0 Å². The number of hydrogen-bond acceptors (Lipinski definition) is 19. The van der Waals surface area contributed by atoms with Crippen LogP contribution in [0.4, 0.5) is 0 Å². The molecule has 0 saturated heterocycles. The molecule has 0 spiro atoms. The quantitative estimate of drug-likeness (QED) is 0.0238. The number of carboxylic acid groups (broad SMARTS) is 2. The number of aliphatic carboxylic acids is 2. The molecular weight excluding hydrogens is 1060 g/mol. The number of ketones is 1. The lowest BCUT2D eigenvalue weighted by Crippen LogP contribution is -2.15. The van der Waals surface area contributed by atoms with Gasteiger partial charge in [-0.05, 0) is 115 Å². The van der Waals surface area contributed by atoms with E-state index in [1.54, 1.807) is 49.4 Å². The van der Waals surface area contributed by atoms with E-state index < -0.39 is 11.9 Å². The van der Waals surface area contributed by atoms with Crippen LogP contribution in [0.3, 0.4) is 0 Å². The maximum absolute atomic E-state index is 11.2. The van der Waals surface area contributed by atoms with Crippen molar-refractivity contribution in [3.63, 3.8) is 0 Å². The van der Waals surface area contributed by atoms with Crippen LogP contribution in [0.2, 0.25) is 0 Å². The van der Waals surface area contributed by atoms with Crippen molar-refractivity contribution in [1.29, 1.82) is 0 Å². The second-order valence-electron chi connectivity index (χ2n) is 13.9. The molecule has 368 valence electrons. The molecule has 1 rings (SSSR count). The van der Waals surface area contributed by atoms with E-state index in [9.17, 15) is 14.4 Å². The van der Waals surface area contributed by atoms with Gasteiger partial charge in [-0.1, -0.05) is 80.8 Å². The van der Waals surface area contributed by atoms with E-state index in [1.807, 2.05) is 60.6 Å². The molecule has 10 nitrogen and oxygen atoms in total. The second kappa shape index (κ2) is 56.9. The monoisotopic (exact) mass is 1130 g/mol. The summed E-state index contributed by atoms with van der Waals surface area (Å²) in [7, 11) is 16.2. The van der Waals surface area contributed by atoms with Crippen LogP contribution in [-0.2, 0) is 85.8 Å². The molecule has 1 aromatic rings. The fourth-order valence-corrected chi connectivity index (χ4v) is 13.6. The average molecular weight is 1140 g/mol. The molecule has 62 heavy (non-hydrogen) atoms. The van der Waals surface area contributed by atoms with E-state index in [1.165, 1.54) is 33.7 Å². The molecule has 0 aliphatic carbocycles. The number of unbranched alkanes of at least 4 members (excludes halogenated alkanes) is 3. The van der Waals surface area contributed by atoms with E-state index >= 15 is 0 Å². The van der Waals surface area contributed by atoms with Crippen LogP contribution in [0.15, 0.2) is 29.4 Å². The number of carboxylic acids is 2. The van der Waals surface area contributed by atoms with Gasteiger partial charge in [0.1, 0.15) is 10.8 Å². The number of carbonyl (C=O) groups is 3. The third-order valence-electron chi connectivity index (χ3n) is 6.61. The molecule has 0 bridgehead atoms. The maximum Gasteiger partial charge on any atom is 0.303 e. The summed E-state index contributed by atoms with van der Waals surface area (Å²) < 4.78 is 0.0371. The molecule has 1 heterocycles. The zero-order valence-corrected chi connectivity index (χ0v) is 49.0. The van der Waals surface area contributed by atoms with Crippen molar-refractivity contribution in [2.24, 2.45) is 5.73 Å². The molecule has 0 radical (unpaired) electrons. The fraction of sp³-hybridized carbons (Fsp3) is 0.789. The highest BCUT2D eigenvalue weighted by Crippen LogP contribution is 2.40. The third-order valence-corrected chi connectivity index (χ3v) is 20.5. The molecule has 0 aromatic carbocycles. The standard InChI is InChI=1S/C12H24O2S2.C10H20O3S2.C9H13NOS2.C6H12O2S.CH5N.S5.S2/c1-4-11(14)7-8-12(2,3)16-15-10-6-5-9-13;1-10(2,6-5-9(12)13)15-14-8-4-3-7-11;11-7-3-4-8-12-13-9-5-1-2-6-10-9;1-6(2,9)4-3-5(7)8;1-2;1-3-5-4-2;1-2/h13H,4-10H2,1-3H3;11H,3-8H2,1-2H3,(H,12,13);1-2,5-6,11H,3-4,7-8H2;9H,3-4H2,1-2H3,(H,7,8);2H2,1H3;;. The Morgan fingerprint density at radius 3 is 1.39 bits per heavy atom. The topological polar surface area (TPSA) is 191 Å². The van der Waals surface area contributed by atoms with Crippen LogP contribution in [0.25, 0.3) is 0 Å². The lowest BCUT2D eigenvalue weighted by molar-refractivity contribution is -0.138. The highest BCUT2D eigenvalue weighted by Gasteiger charge is 2.21. The fourth-order valence-electron chi connectivity index (χ4n) is 3.25. The number of aromatic nitrogens is 1. The summed E-state index contributed by atoms with van der Waals surface area (Å²) in [5.74, 6) is 2.05. The van der Waals surface area contributed by atoms with Crippen molar-refractivity contribution in [3.8, 4) is 0 Å². The highest BCUT2D eigenvalue weighted by molar-refractivity contribution is 8.77. The first-order valence-corrected chi connectivity index (χ1v) is 33.6. The molecule has 0 atom stereocenters. The third kappa shape index (κ3) is 75.9. The lowest BCUT2D eigenvalue weighted by Gasteiger charge is -2.22. The van der Waals surface area contributed by atoms with Gasteiger partial charge in [-0.25, -0.2) is 4.98 Å². The maximum atomic E-state index is 11.2. The number of nitrogens with two attached hydrogens (primary N) is 1. The van der Waals surface area contributed by atoms with E-state index in [-0.39, 0.29) is 33.7 Å². The lowest BCUT2D eigenvalue weighted by atomic mass is 10.0. The van der Waals surface area contributed by atoms with Gasteiger partial charge in [0.2, 0.25) is 0 Å². The molecule has 0 unspecified atom stereocenters. The van der Waals surface area contributed by atoms with Crippen molar-refractivity contribution < 1.29 is 39.9 Å². The Kier molecular flexibility index (Phi) is 68.9. The van der Waals surface area contributed by atoms with Crippen LogP contribution < -0.4 is 5.73 Å². The zero-order chi connectivity index (χ0) is 49.1. The first-order chi connectivity index (χ1) is 29.3. The summed E-state index contributed by atoms with van der Waals surface area (Å²) in [6.45, 7) is 15.1. The Morgan fingerprint density at radius 1 is 0.677 bits per heavy atom. The van der Waals surface area contributed by atoms with Crippen LogP contribution in [-0.4, -0.2) is 107 Å². The molecule has 0 aliphatic heterocycles. The van der Waals surface area contributed by atoms with Crippen LogP contribution >= 0.6 is 77.4 Å². The van der Waals surface area contributed by atoms with Gasteiger partial charge in [-0.3, -0.25) is 14.4 Å². The first-order valence-electron chi connectivity index (χ1n) is 19.6. The molecule has 7 N–H and O–H groups in total. The summed E-state index contributed by atoms with van der Waals surface area (Å²) in [4.78, 5) is 35.8. The normalized spacial score (nSPS) is 10.3. The Labute approximate surface area is 432 Å². The second-order valence-corrected chi connectivity index (χ2v) is 29.1. The molecule has 0 fully saturated rings. The molecule has 0 amide bonds. The summed E-state index contributed by atoms with van der Waals surface area (Å²) in [5.41, 5.74) is 4.50. The minimum atomic E-state index is -0.753. The Hall–Kier alpha value is 1.59. The number of pyridine rings is 1. The van der Waals surface area contributed by atoms with Gasteiger partial charge < -0.3 is 31.3 Å². The van der Waals surface area contributed by atoms with Gasteiger partial charge in [0, 0.05) is 155 Å². The number of hydrogen-bond donors (Lipinski definition) is 7. The SMILES string of the molecule is CC(C)(CCC(=O)O)SSCCCCO.CC(C)(S)CCC(=O)O.CCC(=O)CCC(C)(C)SSCCCCO.CN.OCCCCSSc1ccccn1.S=S.S=S=S=S=S. The minimum Gasteiger partial charge on any atom is -0.481 e. The zero-order valence-electron chi connectivity index (χ0n) is 37.5. The number of thiol groups is 1. The highest BCUT2D eigenvalue weighted by atomic mass is 33.3. The largest absolute Gasteiger partial charge is 0.481 e. The Bertz CT molecular complexity index is 1270. The number of Topliss-reactive ketones (excluding diaryl/α,β-unsaturated/α-hetero) is 1. The molecule has 1 aromatic heterocycles. The van der Waals surface area contributed by atoms with Crippen molar-refractivity contribution in [2.45, 2.75) is 151 Å². The van der Waals surface area contributed by atoms with Crippen molar-refractivity contribution in [2.75, 3.05) is 44.1 Å². The molecule has 24 heteroatoms. The van der Waals surface area contributed by atoms with Crippen molar-refractivity contribution >= 4 is 167 Å². The van der Waals surface area contributed by atoms with Gasteiger partial charge in [-0.15, -0.1) is 0 Å². The summed E-state index contributed by atoms with van der Waals surface area (Å²) in [6.07, 6.45) is 11.7. The summed E-state index contributed by atoms with van der Waals surface area (Å²) >= 11 is 20.4. The van der Waals surface area contributed by atoms with Gasteiger partial charge in [0.05, 0.1) is 0 Å². The van der Waals surface area contributed by atoms with E-state index in [2.05, 4.69) is 95.8 Å². The number of carbonyl (C=O) groups excluding carboxylic acids is 1. The smallest absolute Gasteiger partial charge is 0.303 e. The van der Waals surface area contributed by atoms with E-state index in [4.69, 9.17) is 25.5 Å². The Morgan fingerprint density at radius 2 is 1.08 bits per heavy atom. The number of rotatable bonds is 28. The number of nitrogens with zero attached hydrogens (tertiary/aromatic N) is 1. The van der Waals surface area contributed by atoms with Gasteiger partial charge in [0.25, 0.3) is 0 Å². The molecular formula is C38H74N2O8S14. The number of aliphatic hydroxyl groups excluding tert-OH is 3. The summed E-state index contributed by atoms with van der Waals surface area (Å²) in [5, 5.41) is 43.7. The number of aliphatic hydroxyl groups is 3. The first kappa shape index (κ1) is 75.1. The molecule has 0 saturated carbocycles. The van der Waals surface area contributed by atoms with Crippen LogP contribution in [0.1, 0.15) is 132 Å². The van der Waals surface area contributed by atoms with E-state index in [0.29, 0.717) is 44.7 Å². The molecule has 0 aliphatic rings. The van der Waals surface area contributed by atoms with Crippen molar-refractivity contribution in [1.82, 2.24) is 4.98 Å². The average Bonchev–Trinajstić information content (AvgIpc) is 3.24. The summed E-state index contributed by atoms with van der Waals surface area (Å²) in [6, 6.07) is 5.91. The van der Waals surface area contributed by atoms with Gasteiger partial charge in [-0.2, -0.15) is 12.6 Å². The van der Waals surface area contributed by atoms with Gasteiger partial charge >= 0.3 is 11.9 Å². The Balaban J connectivity index is -0.000000160. The predicted octanol–water partition coefficient (Wildman–Crippen LogP) is 10.2. The predicted molar refractivity (Wildman–Crippen MR) is 303 cm³/mol. The van der Waals surface area contributed by atoms with Gasteiger partial charge in [0.15, 0.2) is 0 Å². The van der Waals surface area contributed by atoms with Crippen LogP contribution in [0.5, 0.6) is 0 Å².